The maximum atomic E-state index is 3.95. The molecule has 0 aliphatic rings. The molecule has 2 aromatic rings. The predicted octanol–water partition coefficient (Wildman–Crippen LogP) is 0.463. The summed E-state index contributed by atoms with van der Waals surface area (Å²) < 4.78 is 1.79. The number of aromatic amines is 1. The topological polar surface area (TPSA) is 33.1 Å². The van der Waals surface area contributed by atoms with Gasteiger partial charge < -0.3 is 4.98 Å². The van der Waals surface area contributed by atoms with Gasteiger partial charge in [0.25, 0.3) is 0 Å². The molecule has 2 rings (SSSR count). The summed E-state index contributed by atoms with van der Waals surface area (Å²) in [5, 5.41) is 0. The summed E-state index contributed by atoms with van der Waals surface area (Å²) in [7, 11) is 0. The van der Waals surface area contributed by atoms with Gasteiger partial charge in [0.05, 0.1) is 6.20 Å². The van der Waals surface area contributed by atoms with Gasteiger partial charge in [-0.25, -0.2) is 4.98 Å². The Hall–Kier alpha value is -1.25. The zero-order valence-corrected chi connectivity index (χ0v) is 4.13. The molecule has 1 N–H and O–H groups in total. The normalized spacial score (nSPS) is 10.5. The van der Waals surface area contributed by atoms with Crippen LogP contribution < -0.4 is 0 Å². The van der Waals surface area contributed by atoms with Gasteiger partial charge in [0, 0.05) is 18.6 Å². The standard InChI is InChI=1S/C5H4N3/c1-3-8-4-2-7-5(8)6-1/h1-3H,(H,6,7). The van der Waals surface area contributed by atoms with Gasteiger partial charge in [-0.15, -0.1) is 0 Å². The fourth-order valence-corrected chi connectivity index (χ4v) is 0.681. The third-order valence-electron chi connectivity index (χ3n) is 1.05. The second kappa shape index (κ2) is 1.12. The first-order valence-electron chi connectivity index (χ1n) is 2.35. The molecular weight excluding hydrogens is 102 g/mol. The van der Waals surface area contributed by atoms with E-state index in [0.717, 1.165) is 5.78 Å². The van der Waals surface area contributed by atoms with Crippen molar-refractivity contribution >= 4 is 5.78 Å². The number of hydrogen-bond donors (Lipinski definition) is 1. The molecule has 3 heteroatoms. The minimum atomic E-state index is 0.838. The molecule has 2 aromatic heterocycles. The molecule has 39 valence electrons. The van der Waals surface area contributed by atoms with Crippen LogP contribution in [-0.4, -0.2) is 14.4 Å². The highest BCUT2D eigenvalue weighted by Crippen LogP contribution is 1.91. The molecule has 0 amide bonds. The second-order valence-electron chi connectivity index (χ2n) is 1.54. The van der Waals surface area contributed by atoms with E-state index in [1.165, 1.54) is 0 Å². The average molecular weight is 106 g/mol. The van der Waals surface area contributed by atoms with Crippen LogP contribution in [0.4, 0.5) is 0 Å². The first-order valence-corrected chi connectivity index (χ1v) is 2.35. The van der Waals surface area contributed by atoms with Crippen LogP contribution in [0.25, 0.3) is 5.78 Å². The third kappa shape index (κ3) is 0.307. The Bertz CT molecular complexity index is 229. The SMILES string of the molecule is [c]1c[nH]c2nccn12. The molecular formula is C5H4N3. The molecule has 0 atom stereocenters. The molecule has 0 spiro atoms. The summed E-state index contributed by atoms with van der Waals surface area (Å²) in [6.07, 6.45) is 8.19. The lowest BCUT2D eigenvalue weighted by atomic mass is 10.9. The van der Waals surface area contributed by atoms with Crippen LogP contribution in [0.3, 0.4) is 0 Å². The van der Waals surface area contributed by atoms with Crippen molar-refractivity contribution in [1.29, 1.82) is 0 Å². The largest absolute Gasteiger partial charge is 0.330 e. The monoisotopic (exact) mass is 106 g/mol. The molecule has 0 aliphatic heterocycles. The molecule has 0 bridgehead atoms. The lowest BCUT2D eigenvalue weighted by Crippen LogP contribution is -1.70. The lowest BCUT2D eigenvalue weighted by molar-refractivity contribution is 1.20. The molecule has 0 unspecified atom stereocenters. The molecule has 3 nitrogen and oxygen atoms in total. The molecule has 0 saturated heterocycles. The number of fused-ring (bicyclic) bond motifs is 1. The minimum Gasteiger partial charge on any atom is -0.330 e. The number of nitrogens with one attached hydrogen (secondary N) is 1. The van der Waals surface area contributed by atoms with Crippen molar-refractivity contribution in [1.82, 2.24) is 14.4 Å². The summed E-state index contributed by atoms with van der Waals surface area (Å²) in [6, 6.07) is 0. The van der Waals surface area contributed by atoms with Crippen LogP contribution in [0.5, 0.6) is 0 Å². The van der Waals surface area contributed by atoms with Gasteiger partial charge in [-0.05, 0) is 0 Å². The fraction of sp³-hybridized carbons (Fsp3) is 0. The summed E-state index contributed by atoms with van der Waals surface area (Å²) in [4.78, 5) is 6.85. The van der Waals surface area contributed by atoms with Crippen LogP contribution in [-0.2, 0) is 0 Å². The van der Waals surface area contributed by atoms with Gasteiger partial charge in [0.1, 0.15) is 0 Å². The molecule has 0 aromatic carbocycles. The minimum absolute atomic E-state index is 0.838. The van der Waals surface area contributed by atoms with Crippen molar-refractivity contribution < 1.29 is 0 Å². The summed E-state index contributed by atoms with van der Waals surface area (Å²) >= 11 is 0. The number of rotatable bonds is 0. The van der Waals surface area contributed by atoms with E-state index in [0.29, 0.717) is 0 Å². The van der Waals surface area contributed by atoms with Crippen molar-refractivity contribution in [3.63, 3.8) is 0 Å². The van der Waals surface area contributed by atoms with E-state index >= 15 is 0 Å². The summed E-state index contributed by atoms with van der Waals surface area (Å²) in [5.41, 5.74) is 0. The average Bonchev–Trinajstić information content (AvgIpc) is 2.15. The highest BCUT2D eigenvalue weighted by Gasteiger charge is 1.88. The van der Waals surface area contributed by atoms with E-state index in [2.05, 4.69) is 16.2 Å². The van der Waals surface area contributed by atoms with Crippen LogP contribution in [0.15, 0.2) is 18.6 Å². The van der Waals surface area contributed by atoms with Crippen LogP contribution in [0.2, 0.25) is 0 Å². The number of hydrogen-bond acceptors (Lipinski definition) is 1. The van der Waals surface area contributed by atoms with E-state index in [4.69, 9.17) is 0 Å². The first-order chi connectivity index (χ1) is 3.97. The Kier molecular flexibility index (Phi) is 0.521. The zero-order valence-electron chi connectivity index (χ0n) is 4.13. The molecule has 0 aliphatic carbocycles. The lowest BCUT2D eigenvalue weighted by Gasteiger charge is -1.71. The van der Waals surface area contributed by atoms with Gasteiger partial charge in [-0.3, -0.25) is 4.40 Å². The van der Waals surface area contributed by atoms with Gasteiger partial charge in [0.2, 0.25) is 5.78 Å². The number of imidazole rings is 2. The van der Waals surface area contributed by atoms with Crippen molar-refractivity contribution in [3.8, 4) is 0 Å². The van der Waals surface area contributed by atoms with Crippen molar-refractivity contribution in [2.75, 3.05) is 0 Å². The van der Waals surface area contributed by atoms with E-state index < -0.39 is 0 Å². The molecule has 1 radical (unpaired) electrons. The maximum absolute atomic E-state index is 3.95. The van der Waals surface area contributed by atoms with E-state index in [-0.39, 0.29) is 0 Å². The second-order valence-corrected chi connectivity index (χ2v) is 1.54. The fourth-order valence-electron chi connectivity index (χ4n) is 0.681. The van der Waals surface area contributed by atoms with Crippen LogP contribution in [0, 0.1) is 6.20 Å². The quantitative estimate of drug-likeness (QED) is 0.520. The Morgan fingerprint density at radius 2 is 2.75 bits per heavy atom. The summed E-state index contributed by atoms with van der Waals surface area (Å²) in [6.45, 7) is 0. The van der Waals surface area contributed by atoms with Crippen LogP contribution in [0.1, 0.15) is 0 Å². The number of H-pyrrole nitrogens is 1. The van der Waals surface area contributed by atoms with Gasteiger partial charge in [-0.1, -0.05) is 0 Å². The Morgan fingerprint density at radius 1 is 1.75 bits per heavy atom. The van der Waals surface area contributed by atoms with E-state index in [1.54, 1.807) is 16.8 Å². The molecule has 0 saturated carbocycles. The number of aromatic nitrogens is 3. The van der Waals surface area contributed by atoms with Crippen molar-refractivity contribution in [3.05, 3.63) is 24.8 Å². The third-order valence-corrected chi connectivity index (χ3v) is 1.05. The smallest absolute Gasteiger partial charge is 0.211 e. The first kappa shape index (κ1) is 3.72. The highest BCUT2D eigenvalue weighted by atomic mass is 15.1. The predicted molar refractivity (Wildman–Crippen MR) is 28.4 cm³/mol. The maximum Gasteiger partial charge on any atom is 0.211 e. The Labute approximate surface area is 46.0 Å². The summed E-state index contributed by atoms with van der Waals surface area (Å²) in [5.74, 6) is 0.838. The Balaban J connectivity index is 3.06. The highest BCUT2D eigenvalue weighted by molar-refractivity contribution is 5.25. The Morgan fingerprint density at radius 3 is 3.62 bits per heavy atom. The van der Waals surface area contributed by atoms with Crippen molar-refractivity contribution in [2.45, 2.75) is 0 Å². The van der Waals surface area contributed by atoms with Crippen LogP contribution >= 0.6 is 0 Å². The number of nitrogens with zero attached hydrogens (tertiary/aromatic N) is 2. The molecule has 2 heterocycles. The zero-order chi connectivity index (χ0) is 5.40. The van der Waals surface area contributed by atoms with E-state index in [9.17, 15) is 0 Å². The molecule has 0 fully saturated rings. The van der Waals surface area contributed by atoms with Gasteiger partial charge in [-0.2, -0.15) is 0 Å². The van der Waals surface area contributed by atoms with Crippen molar-refractivity contribution in [2.24, 2.45) is 0 Å². The van der Waals surface area contributed by atoms with Gasteiger partial charge >= 0.3 is 0 Å². The van der Waals surface area contributed by atoms with E-state index in [1.807, 2.05) is 6.20 Å². The van der Waals surface area contributed by atoms with Gasteiger partial charge in [0.15, 0.2) is 0 Å². The molecule has 8 heavy (non-hydrogen) atoms.